The van der Waals surface area contributed by atoms with Gasteiger partial charge in [-0.05, 0) is 13.3 Å². The molecule has 0 spiro atoms. The first-order valence-corrected chi connectivity index (χ1v) is 15.5. The van der Waals surface area contributed by atoms with E-state index in [2.05, 4.69) is 32.5 Å². The average molecular weight is 575 g/mol. The van der Waals surface area contributed by atoms with Gasteiger partial charge >= 0.3 is 5.69 Å². The molecule has 0 bridgehead atoms. The van der Waals surface area contributed by atoms with Gasteiger partial charge in [0, 0.05) is 30.9 Å². The van der Waals surface area contributed by atoms with Gasteiger partial charge in [0.15, 0.2) is 6.23 Å². The van der Waals surface area contributed by atoms with Crippen molar-refractivity contribution in [1.82, 2.24) is 19.5 Å². The van der Waals surface area contributed by atoms with Gasteiger partial charge < -0.3 is 25.6 Å². The van der Waals surface area contributed by atoms with Crippen LogP contribution in [-0.2, 0) is 4.74 Å². The average Bonchev–Trinajstić information content (AvgIpc) is 3.24. The first-order valence-electron chi connectivity index (χ1n) is 15.5. The van der Waals surface area contributed by atoms with Crippen LogP contribution in [-0.4, -0.2) is 61.1 Å². The number of nitrogens with zero attached hydrogens (tertiary/aromatic N) is 3. The second-order valence-electron chi connectivity index (χ2n) is 11.2. The lowest BCUT2D eigenvalue weighted by Gasteiger charge is -2.17. The second kappa shape index (κ2) is 17.9. The summed E-state index contributed by atoms with van der Waals surface area (Å²) >= 11 is 0. The molecule has 11 nitrogen and oxygen atoms in total. The third-order valence-electron chi connectivity index (χ3n) is 7.75. The van der Waals surface area contributed by atoms with Gasteiger partial charge in [-0.15, -0.1) is 0 Å². The number of aryl methyl sites for hydroxylation is 1. The fourth-order valence-electron chi connectivity index (χ4n) is 5.19. The Hall–Kier alpha value is -2.76. The number of aromatic amines is 1. The van der Waals surface area contributed by atoms with Crippen LogP contribution in [0, 0.1) is 6.92 Å². The monoisotopic (exact) mass is 574 g/mol. The number of unbranched alkanes of at least 4 members (excludes halogenated alkanes) is 13. The summed E-state index contributed by atoms with van der Waals surface area (Å²) in [6.07, 6.45) is 16.9. The summed E-state index contributed by atoms with van der Waals surface area (Å²) < 4.78 is 6.87. The van der Waals surface area contributed by atoms with E-state index in [1.54, 1.807) is 13.0 Å². The van der Waals surface area contributed by atoms with Crippen molar-refractivity contribution in [3.63, 3.8) is 0 Å². The maximum atomic E-state index is 12.2. The van der Waals surface area contributed by atoms with Crippen molar-refractivity contribution < 1.29 is 14.9 Å². The minimum Gasteiger partial charge on any atom is -0.387 e. The number of anilines is 2. The Morgan fingerprint density at radius 3 is 2.02 bits per heavy atom. The third-order valence-corrected chi connectivity index (χ3v) is 7.75. The van der Waals surface area contributed by atoms with Crippen LogP contribution in [0.15, 0.2) is 28.2 Å². The number of hydrogen-bond acceptors (Lipinski definition) is 9. The largest absolute Gasteiger partial charge is 0.387 e. The van der Waals surface area contributed by atoms with Crippen molar-refractivity contribution in [2.45, 2.75) is 128 Å². The van der Waals surface area contributed by atoms with E-state index in [1.165, 1.54) is 96.0 Å². The zero-order valence-electron chi connectivity index (χ0n) is 24.8. The Bertz CT molecular complexity index is 1140. The van der Waals surface area contributed by atoms with Crippen LogP contribution < -0.4 is 21.9 Å². The number of aromatic nitrogens is 4. The molecule has 2 aromatic rings. The SMILES string of the molecule is CCCCCCCCCCCCCCCCNc1cc(NC[C@H]2O[C@@H](n3cc(C)c(=O)[nH]c3=O)[C@H](O)[C@@H]2O)ncn1. The van der Waals surface area contributed by atoms with Gasteiger partial charge in [0.2, 0.25) is 0 Å². The van der Waals surface area contributed by atoms with Gasteiger partial charge in [0.1, 0.15) is 36.3 Å². The maximum absolute atomic E-state index is 12.2. The van der Waals surface area contributed by atoms with Crippen molar-refractivity contribution in [2.75, 3.05) is 23.7 Å². The van der Waals surface area contributed by atoms with Crippen molar-refractivity contribution in [2.24, 2.45) is 0 Å². The molecule has 5 N–H and O–H groups in total. The topological polar surface area (TPSA) is 154 Å². The van der Waals surface area contributed by atoms with E-state index in [9.17, 15) is 19.8 Å². The number of rotatable bonds is 20. The Labute approximate surface area is 243 Å². The standard InChI is InChI=1S/C30H50N6O5/c1-3-4-5-6-7-8-9-10-11-12-13-14-15-16-17-31-24-18-25(34-21-33-24)32-19-23-26(37)27(38)29(41-23)36-20-22(2)28(39)35-30(36)40/h18,20-21,23,26-27,29,37-38H,3-17,19H2,1-2H3,(H,35,39,40)(H2,31,32,33,34)/t23-,26-,27-,29-/m1/s1. The van der Waals surface area contributed by atoms with Crippen LogP contribution >= 0.6 is 0 Å². The van der Waals surface area contributed by atoms with Crippen LogP contribution in [0.25, 0.3) is 0 Å². The number of ether oxygens (including phenoxy) is 1. The van der Waals surface area contributed by atoms with Gasteiger partial charge in [0.25, 0.3) is 5.56 Å². The Morgan fingerprint density at radius 1 is 0.854 bits per heavy atom. The first kappa shape index (κ1) is 32.8. The summed E-state index contributed by atoms with van der Waals surface area (Å²) in [5, 5.41) is 27.4. The van der Waals surface area contributed by atoms with Crippen LogP contribution in [0.3, 0.4) is 0 Å². The molecule has 0 aromatic carbocycles. The molecule has 1 saturated heterocycles. The molecule has 3 rings (SSSR count). The van der Waals surface area contributed by atoms with E-state index in [1.807, 2.05) is 0 Å². The fourth-order valence-corrected chi connectivity index (χ4v) is 5.19. The summed E-state index contributed by atoms with van der Waals surface area (Å²) in [5.74, 6) is 1.26. The number of aliphatic hydroxyl groups is 2. The van der Waals surface area contributed by atoms with Crippen molar-refractivity contribution >= 4 is 11.6 Å². The Kier molecular flexibility index (Phi) is 14.3. The summed E-state index contributed by atoms with van der Waals surface area (Å²) in [4.78, 5) is 34.5. The molecule has 41 heavy (non-hydrogen) atoms. The minimum atomic E-state index is -1.34. The molecule has 11 heteroatoms. The summed E-state index contributed by atoms with van der Waals surface area (Å²) in [6.45, 7) is 4.80. The lowest BCUT2D eigenvalue weighted by atomic mass is 10.0. The molecule has 0 saturated carbocycles. The van der Waals surface area contributed by atoms with Gasteiger partial charge in [-0.25, -0.2) is 14.8 Å². The molecule has 0 radical (unpaired) electrons. The summed E-state index contributed by atoms with van der Waals surface area (Å²) in [6, 6.07) is 1.79. The van der Waals surface area contributed by atoms with Crippen LogP contribution in [0.4, 0.5) is 11.6 Å². The van der Waals surface area contributed by atoms with Crippen LogP contribution in [0.5, 0.6) is 0 Å². The molecule has 0 amide bonds. The molecular weight excluding hydrogens is 524 g/mol. The third kappa shape index (κ3) is 10.9. The fraction of sp³-hybridized carbons (Fsp3) is 0.733. The van der Waals surface area contributed by atoms with Crippen molar-refractivity contribution in [3.05, 3.63) is 45.0 Å². The van der Waals surface area contributed by atoms with Crippen LogP contribution in [0.1, 0.15) is 109 Å². The van der Waals surface area contributed by atoms with E-state index in [4.69, 9.17) is 4.74 Å². The van der Waals surface area contributed by atoms with E-state index >= 15 is 0 Å². The van der Waals surface area contributed by atoms with Gasteiger partial charge in [-0.3, -0.25) is 14.3 Å². The molecule has 1 aliphatic rings. The highest BCUT2D eigenvalue weighted by molar-refractivity contribution is 5.46. The number of aliphatic hydroxyl groups excluding tert-OH is 2. The second-order valence-corrected chi connectivity index (χ2v) is 11.2. The Morgan fingerprint density at radius 2 is 1.41 bits per heavy atom. The highest BCUT2D eigenvalue weighted by atomic mass is 16.6. The molecule has 3 heterocycles. The van der Waals surface area contributed by atoms with Crippen LogP contribution in [0.2, 0.25) is 0 Å². The lowest BCUT2D eigenvalue weighted by molar-refractivity contribution is -0.0364. The quantitative estimate of drug-likeness (QED) is 0.146. The lowest BCUT2D eigenvalue weighted by Crippen LogP contribution is -2.38. The van der Waals surface area contributed by atoms with E-state index in [-0.39, 0.29) is 6.54 Å². The minimum absolute atomic E-state index is 0.154. The zero-order valence-corrected chi connectivity index (χ0v) is 24.8. The zero-order chi connectivity index (χ0) is 29.5. The van der Waals surface area contributed by atoms with Gasteiger partial charge in [0.05, 0.1) is 0 Å². The number of hydrogen-bond donors (Lipinski definition) is 5. The molecule has 2 aromatic heterocycles. The van der Waals surface area contributed by atoms with Gasteiger partial charge in [-0.2, -0.15) is 0 Å². The van der Waals surface area contributed by atoms with E-state index in [0.717, 1.165) is 17.5 Å². The summed E-state index contributed by atoms with van der Waals surface area (Å²) in [5.41, 5.74) is -0.919. The molecular formula is C30H50N6O5. The highest BCUT2D eigenvalue weighted by Crippen LogP contribution is 2.28. The van der Waals surface area contributed by atoms with Gasteiger partial charge in [-0.1, -0.05) is 90.4 Å². The highest BCUT2D eigenvalue weighted by Gasteiger charge is 2.44. The number of H-pyrrole nitrogens is 1. The molecule has 230 valence electrons. The molecule has 4 atom stereocenters. The summed E-state index contributed by atoms with van der Waals surface area (Å²) in [7, 11) is 0. The number of nitrogens with one attached hydrogen (secondary N) is 3. The van der Waals surface area contributed by atoms with E-state index < -0.39 is 35.8 Å². The normalized spacial score (nSPS) is 20.4. The smallest absolute Gasteiger partial charge is 0.330 e. The molecule has 0 unspecified atom stereocenters. The maximum Gasteiger partial charge on any atom is 0.330 e. The predicted molar refractivity (Wildman–Crippen MR) is 161 cm³/mol. The molecule has 1 aliphatic heterocycles. The predicted octanol–water partition coefficient (Wildman–Crippen LogP) is 4.26. The first-order chi connectivity index (χ1) is 19.9. The molecule has 0 aliphatic carbocycles. The Balaban J connectivity index is 1.28. The van der Waals surface area contributed by atoms with Crippen molar-refractivity contribution in [1.29, 1.82) is 0 Å². The van der Waals surface area contributed by atoms with E-state index in [0.29, 0.717) is 17.2 Å². The van der Waals surface area contributed by atoms with Crippen molar-refractivity contribution in [3.8, 4) is 0 Å². The molecule has 1 fully saturated rings.